The normalized spacial score (nSPS) is 12.3. The molecule has 0 aliphatic rings. The fourth-order valence-corrected chi connectivity index (χ4v) is 3.21. The van der Waals surface area contributed by atoms with E-state index in [0.717, 1.165) is 10.9 Å². The summed E-state index contributed by atoms with van der Waals surface area (Å²) >= 11 is 5.24. The average molecular weight is 380 g/mol. The number of imidazole rings is 1. The lowest BCUT2D eigenvalue weighted by Gasteiger charge is -2.16. The maximum atomic E-state index is 12.6. The molecule has 0 spiro atoms. The number of nitrogens with one attached hydrogen (secondary N) is 3. The molecule has 1 atom stereocenters. The van der Waals surface area contributed by atoms with Gasteiger partial charge in [0.1, 0.15) is 11.2 Å². The van der Waals surface area contributed by atoms with Gasteiger partial charge in [0.15, 0.2) is 10.4 Å². The molecule has 1 unspecified atom stereocenters. The quantitative estimate of drug-likeness (QED) is 0.470. The first kappa shape index (κ1) is 17.1. The summed E-state index contributed by atoms with van der Waals surface area (Å²) in [6.45, 7) is 2.21. The zero-order valence-corrected chi connectivity index (χ0v) is 15.2. The van der Waals surface area contributed by atoms with Gasteiger partial charge in [-0.05, 0) is 31.3 Å². The van der Waals surface area contributed by atoms with Crippen molar-refractivity contribution in [3.63, 3.8) is 0 Å². The lowest BCUT2D eigenvalue weighted by molar-refractivity contribution is 0.0932. The van der Waals surface area contributed by atoms with Crippen LogP contribution in [0.5, 0.6) is 0 Å². The fourth-order valence-electron chi connectivity index (χ4n) is 2.96. The SMILES string of the molecule is CC(Cn1c(=S)[nH]c(=O)c2[nH]cnc21)NC(=O)c1ccc2ccccc2n1. The molecule has 4 rings (SSSR count). The van der Waals surface area contributed by atoms with Gasteiger partial charge in [0, 0.05) is 18.0 Å². The molecule has 0 saturated heterocycles. The number of amides is 1. The Morgan fingerprint density at radius 3 is 2.96 bits per heavy atom. The van der Waals surface area contributed by atoms with Crippen LogP contribution in [-0.2, 0) is 6.54 Å². The number of aromatic nitrogens is 5. The second-order valence-electron chi connectivity index (χ2n) is 6.23. The minimum Gasteiger partial charge on any atom is -0.346 e. The lowest BCUT2D eigenvalue weighted by Crippen LogP contribution is -2.36. The Morgan fingerprint density at radius 2 is 2.11 bits per heavy atom. The molecule has 0 aliphatic carbocycles. The van der Waals surface area contributed by atoms with Crippen molar-refractivity contribution in [3.8, 4) is 0 Å². The summed E-state index contributed by atoms with van der Waals surface area (Å²) in [6, 6.07) is 10.9. The molecule has 9 heteroatoms. The minimum atomic E-state index is -0.319. The van der Waals surface area contributed by atoms with Gasteiger partial charge in [-0.3, -0.25) is 19.1 Å². The molecule has 136 valence electrons. The Bertz CT molecular complexity index is 1270. The zero-order valence-electron chi connectivity index (χ0n) is 14.4. The molecular weight excluding hydrogens is 364 g/mol. The molecule has 0 saturated carbocycles. The number of carbonyl (C=O) groups is 1. The van der Waals surface area contributed by atoms with Gasteiger partial charge in [0.05, 0.1) is 11.8 Å². The van der Waals surface area contributed by atoms with Gasteiger partial charge >= 0.3 is 0 Å². The van der Waals surface area contributed by atoms with E-state index in [1.807, 2.05) is 37.3 Å². The maximum Gasteiger partial charge on any atom is 0.277 e. The lowest BCUT2D eigenvalue weighted by atomic mass is 10.2. The van der Waals surface area contributed by atoms with Crippen LogP contribution in [0.2, 0.25) is 0 Å². The van der Waals surface area contributed by atoms with E-state index in [1.165, 1.54) is 6.33 Å². The molecule has 0 aliphatic heterocycles. The van der Waals surface area contributed by atoms with E-state index in [0.29, 0.717) is 23.4 Å². The second-order valence-corrected chi connectivity index (χ2v) is 6.62. The molecule has 1 amide bonds. The van der Waals surface area contributed by atoms with Crippen molar-refractivity contribution in [3.05, 3.63) is 63.5 Å². The number of para-hydroxylation sites is 1. The van der Waals surface area contributed by atoms with Gasteiger partial charge in [0.2, 0.25) is 0 Å². The van der Waals surface area contributed by atoms with E-state index in [1.54, 1.807) is 10.6 Å². The van der Waals surface area contributed by atoms with Crippen LogP contribution in [0.3, 0.4) is 0 Å². The van der Waals surface area contributed by atoms with Crippen molar-refractivity contribution in [2.24, 2.45) is 0 Å². The monoisotopic (exact) mass is 380 g/mol. The van der Waals surface area contributed by atoms with Gasteiger partial charge in [-0.15, -0.1) is 0 Å². The number of rotatable bonds is 4. The van der Waals surface area contributed by atoms with Crippen molar-refractivity contribution in [2.75, 3.05) is 0 Å². The molecule has 3 aromatic heterocycles. The second kappa shape index (κ2) is 6.76. The summed E-state index contributed by atoms with van der Waals surface area (Å²) in [5.74, 6) is -0.275. The summed E-state index contributed by atoms with van der Waals surface area (Å²) in [5.41, 5.74) is 1.59. The number of pyridine rings is 1. The number of carbonyl (C=O) groups excluding carboxylic acids is 1. The Kier molecular flexibility index (Phi) is 4.28. The summed E-state index contributed by atoms with van der Waals surface area (Å²) in [5, 5.41) is 3.88. The number of aromatic amines is 2. The first-order valence-corrected chi connectivity index (χ1v) is 8.76. The number of hydrogen-bond donors (Lipinski definition) is 3. The first-order valence-electron chi connectivity index (χ1n) is 8.36. The Morgan fingerprint density at radius 1 is 1.30 bits per heavy atom. The van der Waals surface area contributed by atoms with Crippen LogP contribution in [0.15, 0.2) is 47.5 Å². The van der Waals surface area contributed by atoms with Crippen molar-refractivity contribution in [1.82, 2.24) is 29.8 Å². The summed E-state index contributed by atoms with van der Waals surface area (Å²) in [4.78, 5) is 38.4. The van der Waals surface area contributed by atoms with Crippen molar-refractivity contribution >= 4 is 40.2 Å². The highest BCUT2D eigenvalue weighted by atomic mass is 32.1. The highest BCUT2D eigenvalue weighted by Crippen LogP contribution is 2.12. The predicted octanol–water partition coefficient (Wildman–Crippen LogP) is 2.15. The number of fused-ring (bicyclic) bond motifs is 2. The van der Waals surface area contributed by atoms with E-state index in [2.05, 4.69) is 25.3 Å². The van der Waals surface area contributed by atoms with Gasteiger partial charge in [-0.1, -0.05) is 24.3 Å². The minimum absolute atomic E-state index is 0.254. The van der Waals surface area contributed by atoms with Crippen LogP contribution >= 0.6 is 12.2 Å². The highest BCUT2D eigenvalue weighted by molar-refractivity contribution is 7.71. The molecule has 0 bridgehead atoms. The van der Waals surface area contributed by atoms with Gasteiger partial charge in [-0.25, -0.2) is 9.97 Å². The predicted molar refractivity (Wildman–Crippen MR) is 104 cm³/mol. The van der Waals surface area contributed by atoms with Crippen LogP contribution in [-0.4, -0.2) is 36.5 Å². The van der Waals surface area contributed by atoms with Crippen LogP contribution in [0, 0.1) is 4.77 Å². The van der Waals surface area contributed by atoms with Crippen molar-refractivity contribution in [2.45, 2.75) is 19.5 Å². The third kappa shape index (κ3) is 3.24. The van der Waals surface area contributed by atoms with Crippen LogP contribution < -0.4 is 10.9 Å². The smallest absolute Gasteiger partial charge is 0.277 e. The van der Waals surface area contributed by atoms with Crippen LogP contribution in [0.25, 0.3) is 22.1 Å². The summed E-state index contributed by atoms with van der Waals surface area (Å²) in [7, 11) is 0. The van der Waals surface area contributed by atoms with E-state index in [-0.39, 0.29) is 22.3 Å². The molecule has 0 fully saturated rings. The zero-order chi connectivity index (χ0) is 19.0. The maximum absolute atomic E-state index is 12.6. The molecule has 4 aromatic rings. The Hall–Kier alpha value is -3.33. The molecule has 27 heavy (non-hydrogen) atoms. The summed E-state index contributed by atoms with van der Waals surface area (Å²) < 4.78 is 1.94. The van der Waals surface area contributed by atoms with Crippen LogP contribution in [0.4, 0.5) is 0 Å². The highest BCUT2D eigenvalue weighted by Gasteiger charge is 2.15. The van der Waals surface area contributed by atoms with E-state index < -0.39 is 0 Å². The topological polar surface area (TPSA) is 108 Å². The Labute approximate surface area is 158 Å². The molecule has 3 heterocycles. The van der Waals surface area contributed by atoms with Gasteiger partial charge in [0.25, 0.3) is 11.5 Å². The fraction of sp³-hybridized carbons (Fsp3) is 0.167. The molecule has 0 radical (unpaired) electrons. The molecule has 1 aromatic carbocycles. The molecular formula is C18H16N6O2S. The largest absolute Gasteiger partial charge is 0.346 e. The van der Waals surface area contributed by atoms with E-state index in [9.17, 15) is 9.59 Å². The number of benzene rings is 1. The van der Waals surface area contributed by atoms with E-state index >= 15 is 0 Å². The molecule has 8 nitrogen and oxygen atoms in total. The van der Waals surface area contributed by atoms with Gasteiger partial charge in [-0.2, -0.15) is 0 Å². The number of nitrogens with zero attached hydrogens (tertiary/aromatic N) is 3. The Balaban J connectivity index is 1.56. The van der Waals surface area contributed by atoms with Crippen LogP contribution in [0.1, 0.15) is 17.4 Å². The average Bonchev–Trinajstić information content (AvgIpc) is 3.15. The molecule has 3 N–H and O–H groups in total. The third-order valence-electron chi connectivity index (χ3n) is 4.23. The van der Waals surface area contributed by atoms with Crippen molar-refractivity contribution in [1.29, 1.82) is 0 Å². The summed E-state index contributed by atoms with van der Waals surface area (Å²) in [6.07, 6.45) is 1.44. The first-order chi connectivity index (χ1) is 13.0. The van der Waals surface area contributed by atoms with E-state index in [4.69, 9.17) is 12.2 Å². The standard InChI is InChI=1S/C18H16N6O2S/c1-10(8-24-15-14(19-9-20-15)17(26)23-18(24)27)21-16(25)13-7-6-11-4-2-3-5-12(11)22-13/h2-7,9-10H,8H2,1H3,(H,19,20)(H,21,25)(H,23,26,27). The number of hydrogen-bond acceptors (Lipinski definition) is 5. The number of H-pyrrole nitrogens is 2. The third-order valence-corrected chi connectivity index (χ3v) is 4.56. The van der Waals surface area contributed by atoms with Gasteiger partial charge < -0.3 is 10.3 Å². The van der Waals surface area contributed by atoms with Crippen molar-refractivity contribution < 1.29 is 4.79 Å².